The van der Waals surface area contributed by atoms with Crippen LogP contribution in [0.1, 0.15) is 151 Å². The Balaban J connectivity index is 0.000000552. The van der Waals surface area contributed by atoms with Crippen molar-refractivity contribution in [2.45, 2.75) is 139 Å². The number of benzene rings is 4. The highest BCUT2D eigenvalue weighted by molar-refractivity contribution is 7.59. The molecule has 0 saturated carbocycles. The Labute approximate surface area is 545 Å². The zero-order chi connectivity index (χ0) is 60.8. The Morgan fingerprint density at radius 3 is 1.07 bits per heavy atom. The normalized spacial score (nSPS) is 12.7. The van der Waals surface area contributed by atoms with Crippen molar-refractivity contribution < 1.29 is 19.1 Å². The lowest BCUT2D eigenvalue weighted by Gasteiger charge is -2.24. The number of carbonyl (C=O) groups excluding carboxylic acids is 2. The number of halogens is 1. The van der Waals surface area contributed by atoms with Gasteiger partial charge in [-0.1, -0.05) is 157 Å². The lowest BCUT2D eigenvalue weighted by Crippen LogP contribution is -2.37. The smallest absolute Gasteiger partial charge is 0.408 e. The topological polar surface area (TPSA) is 292 Å². The number of carbonyl (C=O) groups is 2. The predicted molar refractivity (Wildman–Crippen MR) is 370 cm³/mol. The van der Waals surface area contributed by atoms with Gasteiger partial charge in [-0.05, 0) is 120 Å². The maximum absolute atomic E-state index is 12.5. The molecule has 0 saturated heterocycles. The van der Waals surface area contributed by atoms with E-state index < -0.39 is 17.3 Å². The van der Waals surface area contributed by atoms with E-state index in [1.807, 2.05) is 74.0 Å². The van der Waals surface area contributed by atoms with Gasteiger partial charge in [0.05, 0.1) is 83.9 Å². The van der Waals surface area contributed by atoms with Crippen LogP contribution in [0.4, 0.5) is 4.79 Å². The van der Waals surface area contributed by atoms with E-state index >= 15 is 0 Å². The van der Waals surface area contributed by atoms with Gasteiger partial charge >= 0.3 is 12.1 Å². The van der Waals surface area contributed by atoms with Gasteiger partial charge in [0, 0.05) is 5.92 Å². The second kappa shape index (κ2) is 34.7. The second-order valence-corrected chi connectivity index (χ2v) is 24.0. The number of alkyl carbamates (subject to hydrolysis) is 1. The maximum atomic E-state index is 12.5. The van der Waals surface area contributed by atoms with Gasteiger partial charge in [0.1, 0.15) is 34.5 Å². The molecule has 4 aromatic heterocycles. The van der Waals surface area contributed by atoms with Crippen molar-refractivity contribution in [3.05, 3.63) is 145 Å². The molecular weight excluding hydrogens is 1190 g/mol. The van der Waals surface area contributed by atoms with Gasteiger partial charge < -0.3 is 46.2 Å². The molecule has 0 fully saturated rings. The van der Waals surface area contributed by atoms with Gasteiger partial charge in [0.2, 0.25) is 0 Å². The fraction of sp³-hybridized carbons (Fsp3) is 0.397. The number of nitrogens with one attached hydrogen (secondary N) is 6. The van der Waals surface area contributed by atoms with Crippen molar-refractivity contribution in [2.75, 3.05) is 0 Å². The Morgan fingerprint density at radius 1 is 0.494 bits per heavy atom. The number of aromatic nitrogens is 8. The number of rotatable bonds is 18. The molecule has 0 bridgehead atoms. The zero-order valence-electron chi connectivity index (χ0n) is 52.2. The van der Waals surface area contributed by atoms with Crippen molar-refractivity contribution in [1.82, 2.24) is 45.2 Å². The molecule has 472 valence electrons. The minimum atomic E-state index is -0.577. The van der Waals surface area contributed by atoms with Gasteiger partial charge in [-0.2, -0.15) is 59.5 Å². The standard InChI is InChI=1S/C37H49N5O4.C26H32N6.ClHN4.4H2S/c1-22(2)28(19-31(43)45-36(5,6)7)33-38-20-29(40-33)26-15-11-24(12-16-26)25-13-17-27(18-14-25)30-21-39-34(41-30)32(23(3)4)42-35(44)46-37(8,9)10;1-15(2)23(27)25-29-13-21(31-25)19-9-5-17(6-10-19)18-7-11-20(12-8-18)22-14-30-26(32-22)24(28)16(3)4;1-3-5-4-2;;;;/h11-18,20-23,28,32H,19H2,1-10H3,(H,38,40)(H,39,41)(H,42,44);5-16,23-24H,27-28H2,1-4H3,(H,29,31)(H,30,32);2H;4*1H2/t28-,32-;23-,24-;;;;;/m00...../s1. The summed E-state index contributed by atoms with van der Waals surface area (Å²) >= 11 is 4.55. The van der Waals surface area contributed by atoms with Crippen molar-refractivity contribution in [1.29, 1.82) is 5.53 Å². The first kappa shape index (κ1) is 76.4. The molecule has 4 heterocycles. The monoisotopic (exact) mass is 1280 g/mol. The number of esters is 1. The summed E-state index contributed by atoms with van der Waals surface area (Å²) in [6, 6.07) is 33.1. The number of hydrogen-bond acceptors (Lipinski definition) is 12. The third-order valence-electron chi connectivity index (χ3n) is 13.6. The van der Waals surface area contributed by atoms with Crippen LogP contribution in [-0.2, 0) is 14.3 Å². The van der Waals surface area contributed by atoms with Crippen LogP contribution in [0.3, 0.4) is 0 Å². The van der Waals surface area contributed by atoms with E-state index in [0.29, 0.717) is 17.7 Å². The van der Waals surface area contributed by atoms with Crippen LogP contribution in [0.25, 0.3) is 67.3 Å². The fourth-order valence-electron chi connectivity index (χ4n) is 8.83. The SMILES string of the molecule is CC(C)[C@H](CC(=O)OC(C)(C)C)c1ncc(-c2ccc(-c3ccc(-c4cnc([C@@H](NC(=O)OC(C)(C)C)C(C)C)[nH]4)cc3)cc2)[nH]1.CC(C)[C@H](N)c1ncc(-c2ccc(-c3ccc(-c4cnc([C@@H](N)C(C)C)[nH]4)cc3)cc2)[nH]1.N=NN=NCl.S.S.S.S. The molecule has 4 atom stereocenters. The van der Waals surface area contributed by atoms with Gasteiger partial charge in [-0.25, -0.2) is 24.7 Å². The number of amides is 1. The molecule has 4 aromatic carbocycles. The molecule has 19 nitrogen and oxygen atoms in total. The van der Waals surface area contributed by atoms with Crippen molar-refractivity contribution in [3.8, 4) is 67.3 Å². The highest BCUT2D eigenvalue weighted by atomic mass is 35.5. The third kappa shape index (κ3) is 22.4. The summed E-state index contributed by atoms with van der Waals surface area (Å²) in [6.07, 6.45) is 7.13. The van der Waals surface area contributed by atoms with Crippen molar-refractivity contribution in [3.63, 3.8) is 0 Å². The molecule has 0 aliphatic carbocycles. The Morgan fingerprint density at radius 2 is 0.793 bits per heavy atom. The van der Waals surface area contributed by atoms with Crippen LogP contribution in [0.2, 0.25) is 0 Å². The highest BCUT2D eigenvalue weighted by Crippen LogP contribution is 2.33. The van der Waals surface area contributed by atoms with Gasteiger partial charge in [-0.15, -0.1) is 0 Å². The van der Waals surface area contributed by atoms with Crippen LogP contribution in [0.5, 0.6) is 0 Å². The molecule has 0 spiro atoms. The van der Waals surface area contributed by atoms with Crippen molar-refractivity contribution in [2.24, 2.45) is 50.2 Å². The average Bonchev–Trinajstić information content (AvgIpc) is 3.09. The zero-order valence-corrected chi connectivity index (χ0v) is 56.9. The number of H-pyrrole nitrogens is 4. The molecule has 24 heteroatoms. The van der Waals surface area contributed by atoms with Crippen LogP contribution in [0, 0.1) is 29.2 Å². The molecule has 0 unspecified atom stereocenters. The first-order chi connectivity index (χ1) is 39.2. The van der Waals surface area contributed by atoms with E-state index in [-0.39, 0.29) is 102 Å². The molecule has 10 N–H and O–H groups in total. The Hall–Kier alpha value is -6.73. The van der Waals surface area contributed by atoms with Crippen LogP contribution in [-0.4, -0.2) is 63.1 Å². The van der Waals surface area contributed by atoms with Gasteiger partial charge in [-0.3, -0.25) is 4.79 Å². The summed E-state index contributed by atoms with van der Waals surface area (Å²) in [4.78, 5) is 56.6. The molecular formula is C63H90ClN15O4S4. The highest BCUT2D eigenvalue weighted by Gasteiger charge is 2.28. The van der Waals surface area contributed by atoms with Crippen LogP contribution in [0.15, 0.2) is 137 Å². The molecule has 8 aromatic rings. The van der Waals surface area contributed by atoms with Crippen LogP contribution >= 0.6 is 65.8 Å². The lowest BCUT2D eigenvalue weighted by atomic mass is 9.92. The van der Waals surface area contributed by atoms with E-state index in [2.05, 4.69) is 211 Å². The summed E-state index contributed by atoms with van der Waals surface area (Å²) < 4.78 is 13.6. The lowest BCUT2D eigenvalue weighted by molar-refractivity contribution is -0.155. The van der Waals surface area contributed by atoms with E-state index in [1.165, 1.54) is 0 Å². The molecule has 0 aliphatic rings. The summed E-state index contributed by atoms with van der Waals surface area (Å²) in [5, 5.41) is 8.03. The first-order valence-corrected chi connectivity index (χ1v) is 28.3. The first-order valence-electron chi connectivity index (χ1n) is 28.0. The van der Waals surface area contributed by atoms with E-state index in [0.717, 1.165) is 84.8 Å². The summed E-state index contributed by atoms with van der Waals surface area (Å²) in [6.45, 7) is 27.8. The number of aromatic amines is 4. The maximum Gasteiger partial charge on any atom is 0.408 e. The average molecular weight is 1290 g/mol. The summed E-state index contributed by atoms with van der Waals surface area (Å²) in [5.74, 6) is 3.83. The number of hydrogen-bond donors (Lipinski definition) is 8. The quantitative estimate of drug-likeness (QED) is 0.0228. The number of imidazole rings is 4. The van der Waals surface area contributed by atoms with E-state index in [4.69, 9.17) is 26.5 Å². The van der Waals surface area contributed by atoms with Crippen molar-refractivity contribution >= 4 is 77.8 Å². The predicted octanol–water partition coefficient (Wildman–Crippen LogP) is 16.3. The third-order valence-corrected chi connectivity index (χ3v) is 13.6. The number of nitrogens with two attached hydrogens (primary N) is 2. The molecule has 0 aliphatic heterocycles. The summed E-state index contributed by atoms with van der Waals surface area (Å²) in [5.41, 5.74) is 29.6. The minimum absolute atomic E-state index is 0. The van der Waals surface area contributed by atoms with Gasteiger partial charge in [0.15, 0.2) is 0 Å². The Bertz CT molecular complexity index is 3150. The number of nitrogens with zero attached hydrogens (tertiary/aromatic N) is 7. The van der Waals surface area contributed by atoms with E-state index in [1.54, 1.807) is 6.20 Å². The molecule has 8 rings (SSSR count). The fourth-order valence-corrected chi connectivity index (χ4v) is 8.87. The molecule has 87 heavy (non-hydrogen) atoms. The number of ether oxygens (including phenoxy) is 2. The van der Waals surface area contributed by atoms with Crippen LogP contribution < -0.4 is 16.8 Å². The Kier molecular flexibility index (Phi) is 30.5. The molecule has 1 amide bonds. The van der Waals surface area contributed by atoms with Gasteiger partial charge in [0.25, 0.3) is 0 Å². The van der Waals surface area contributed by atoms with E-state index in [9.17, 15) is 9.59 Å². The minimum Gasteiger partial charge on any atom is -0.460 e. The second-order valence-electron chi connectivity index (χ2n) is 23.9. The molecule has 0 radical (unpaired) electrons. The largest absolute Gasteiger partial charge is 0.460 e. The summed E-state index contributed by atoms with van der Waals surface area (Å²) in [7, 11) is 0.